The first kappa shape index (κ1) is 13.0. The van der Waals surface area contributed by atoms with E-state index < -0.39 is 0 Å². The number of hydrogen-bond donors (Lipinski definition) is 1. The molecule has 21 heavy (non-hydrogen) atoms. The molecule has 0 bridgehead atoms. The number of nitrogens with one attached hydrogen (secondary N) is 1. The van der Waals surface area contributed by atoms with Crippen LogP contribution < -0.4 is 5.32 Å². The molecule has 0 aliphatic carbocycles. The summed E-state index contributed by atoms with van der Waals surface area (Å²) in [5, 5.41) is 11.8. The fourth-order valence-corrected chi connectivity index (χ4v) is 3.54. The average molecular weight is 317 g/mol. The lowest BCUT2D eigenvalue weighted by Gasteiger charge is -2.14. The highest BCUT2D eigenvalue weighted by Gasteiger charge is 2.24. The van der Waals surface area contributed by atoms with Crippen LogP contribution in [0.15, 0.2) is 35.8 Å². The van der Waals surface area contributed by atoms with Crippen LogP contribution in [0.5, 0.6) is 0 Å². The second-order valence-corrected chi connectivity index (χ2v) is 6.19. The zero-order valence-corrected chi connectivity index (χ0v) is 12.8. The highest BCUT2D eigenvalue weighted by molar-refractivity contribution is 7.12. The van der Waals surface area contributed by atoms with Gasteiger partial charge < -0.3 is 5.32 Å². The number of rotatable bonds is 2. The molecular formula is C15H13ClN4S. The van der Waals surface area contributed by atoms with Crippen LogP contribution in [0.1, 0.15) is 11.3 Å². The van der Waals surface area contributed by atoms with Crippen molar-refractivity contribution in [1.82, 2.24) is 20.1 Å². The summed E-state index contributed by atoms with van der Waals surface area (Å²) in [6.45, 7) is 1.79. The van der Waals surface area contributed by atoms with E-state index in [4.69, 9.17) is 16.7 Å². The zero-order valence-electron chi connectivity index (χ0n) is 11.2. The molecule has 0 unspecified atom stereocenters. The van der Waals surface area contributed by atoms with Gasteiger partial charge in [-0.1, -0.05) is 29.8 Å². The van der Waals surface area contributed by atoms with Gasteiger partial charge in [0.05, 0.1) is 16.4 Å². The summed E-state index contributed by atoms with van der Waals surface area (Å²) < 4.78 is 1.97. The van der Waals surface area contributed by atoms with E-state index in [2.05, 4.69) is 10.3 Å². The van der Waals surface area contributed by atoms with Crippen LogP contribution in [0.25, 0.3) is 16.4 Å². The third-order valence-electron chi connectivity index (χ3n) is 3.66. The number of thiazole rings is 1. The largest absolute Gasteiger partial charge is 0.312 e. The van der Waals surface area contributed by atoms with Crippen molar-refractivity contribution in [1.29, 1.82) is 0 Å². The summed E-state index contributed by atoms with van der Waals surface area (Å²) in [5.41, 5.74) is 4.40. The third-order valence-corrected chi connectivity index (χ3v) is 4.74. The summed E-state index contributed by atoms with van der Waals surface area (Å²) in [6.07, 6.45) is 2.76. The smallest absolute Gasteiger partial charge is 0.210 e. The predicted octanol–water partition coefficient (Wildman–Crippen LogP) is 3.29. The van der Waals surface area contributed by atoms with Crippen molar-refractivity contribution < 1.29 is 0 Å². The predicted molar refractivity (Wildman–Crippen MR) is 85.1 cm³/mol. The highest BCUT2D eigenvalue weighted by atomic mass is 35.5. The molecule has 0 fully saturated rings. The third kappa shape index (κ3) is 2.18. The molecule has 1 N–H and O–H groups in total. The van der Waals surface area contributed by atoms with Crippen LogP contribution in [0.4, 0.5) is 0 Å². The van der Waals surface area contributed by atoms with E-state index in [0.717, 1.165) is 40.9 Å². The Morgan fingerprint density at radius 2 is 2.19 bits per heavy atom. The average Bonchev–Trinajstić information content (AvgIpc) is 3.15. The first-order valence-electron chi connectivity index (χ1n) is 6.81. The van der Waals surface area contributed by atoms with E-state index in [1.807, 2.05) is 40.5 Å². The van der Waals surface area contributed by atoms with Crippen molar-refractivity contribution in [2.45, 2.75) is 13.0 Å². The Bertz CT molecular complexity index is 779. The summed E-state index contributed by atoms with van der Waals surface area (Å²) in [4.78, 5) is 4.39. The summed E-state index contributed by atoms with van der Waals surface area (Å²) in [7, 11) is 0. The molecular weight excluding hydrogens is 304 g/mol. The van der Waals surface area contributed by atoms with E-state index in [0.29, 0.717) is 0 Å². The number of halogens is 1. The van der Waals surface area contributed by atoms with E-state index in [9.17, 15) is 0 Å². The minimum Gasteiger partial charge on any atom is -0.312 e. The quantitative estimate of drug-likeness (QED) is 0.789. The Labute approximate surface area is 131 Å². The summed E-state index contributed by atoms with van der Waals surface area (Å²) in [5.74, 6) is 0. The van der Waals surface area contributed by atoms with E-state index in [1.54, 1.807) is 11.3 Å². The van der Waals surface area contributed by atoms with E-state index >= 15 is 0 Å². The minimum absolute atomic E-state index is 0.731. The molecule has 1 aliphatic rings. The van der Waals surface area contributed by atoms with Gasteiger partial charge in [-0.25, -0.2) is 9.67 Å². The van der Waals surface area contributed by atoms with Gasteiger partial charge in [-0.05, 0) is 6.07 Å². The molecule has 0 amide bonds. The maximum Gasteiger partial charge on any atom is 0.210 e. The van der Waals surface area contributed by atoms with Crippen LogP contribution in [-0.2, 0) is 13.0 Å². The molecule has 0 atom stereocenters. The lowest BCUT2D eigenvalue weighted by atomic mass is 10.0. The molecule has 4 nitrogen and oxygen atoms in total. The van der Waals surface area contributed by atoms with Crippen molar-refractivity contribution >= 4 is 22.9 Å². The highest BCUT2D eigenvalue weighted by Crippen LogP contribution is 2.33. The first-order valence-corrected chi connectivity index (χ1v) is 8.06. The molecule has 3 aromatic rings. The molecule has 2 aromatic heterocycles. The van der Waals surface area contributed by atoms with Crippen molar-refractivity contribution in [2.24, 2.45) is 0 Å². The van der Waals surface area contributed by atoms with Crippen LogP contribution >= 0.6 is 22.9 Å². The normalized spacial score (nSPS) is 14.1. The molecule has 1 aliphatic heterocycles. The first-order chi connectivity index (χ1) is 10.3. The molecule has 1 aromatic carbocycles. The Hall–Kier alpha value is -1.69. The van der Waals surface area contributed by atoms with Crippen LogP contribution in [0.3, 0.4) is 0 Å². The van der Waals surface area contributed by atoms with E-state index in [-0.39, 0.29) is 0 Å². The second-order valence-electron chi connectivity index (χ2n) is 4.91. The molecule has 106 valence electrons. The van der Waals surface area contributed by atoms with Gasteiger partial charge in [0.2, 0.25) is 5.13 Å². The second kappa shape index (κ2) is 5.26. The van der Waals surface area contributed by atoms with Crippen LogP contribution in [0.2, 0.25) is 5.02 Å². The SMILES string of the molecule is Clc1ccccc1-c1nn(-c2nccs2)c2c1CNCC2. The summed E-state index contributed by atoms with van der Waals surface area (Å²) in [6, 6.07) is 7.86. The lowest BCUT2D eigenvalue weighted by molar-refractivity contribution is 0.622. The van der Waals surface area contributed by atoms with Gasteiger partial charge in [-0.3, -0.25) is 0 Å². The van der Waals surface area contributed by atoms with E-state index in [1.165, 1.54) is 11.3 Å². The molecule has 3 heterocycles. The molecule has 0 radical (unpaired) electrons. The molecule has 0 saturated heterocycles. The van der Waals surface area contributed by atoms with Gasteiger partial charge in [0, 0.05) is 42.2 Å². The van der Waals surface area contributed by atoms with Crippen molar-refractivity contribution in [3.05, 3.63) is 52.1 Å². The zero-order chi connectivity index (χ0) is 14.2. The fraction of sp³-hybridized carbons (Fsp3) is 0.200. The number of fused-ring (bicyclic) bond motifs is 1. The van der Waals surface area contributed by atoms with Crippen LogP contribution in [-0.4, -0.2) is 21.3 Å². The monoisotopic (exact) mass is 316 g/mol. The molecule has 0 saturated carbocycles. The lowest BCUT2D eigenvalue weighted by Crippen LogP contribution is -2.24. The Morgan fingerprint density at radius 3 is 3.00 bits per heavy atom. The van der Waals surface area contributed by atoms with Crippen molar-refractivity contribution in [3.8, 4) is 16.4 Å². The van der Waals surface area contributed by atoms with Gasteiger partial charge in [-0.15, -0.1) is 11.3 Å². The maximum atomic E-state index is 6.35. The minimum atomic E-state index is 0.731. The number of nitrogens with zero attached hydrogens (tertiary/aromatic N) is 3. The Kier molecular flexibility index (Phi) is 3.25. The maximum absolute atomic E-state index is 6.35. The Morgan fingerprint density at radius 1 is 1.29 bits per heavy atom. The topological polar surface area (TPSA) is 42.7 Å². The van der Waals surface area contributed by atoms with Gasteiger partial charge >= 0.3 is 0 Å². The number of aromatic nitrogens is 3. The van der Waals surface area contributed by atoms with Crippen molar-refractivity contribution in [2.75, 3.05) is 6.54 Å². The Balaban J connectivity index is 1.95. The number of benzene rings is 1. The van der Waals surface area contributed by atoms with Crippen LogP contribution in [0, 0.1) is 0 Å². The van der Waals surface area contributed by atoms with Gasteiger partial charge in [0.15, 0.2) is 0 Å². The summed E-state index contributed by atoms with van der Waals surface area (Å²) >= 11 is 7.95. The molecule has 0 spiro atoms. The molecule has 4 rings (SSSR count). The molecule has 6 heteroatoms. The van der Waals surface area contributed by atoms with Gasteiger partial charge in [0.1, 0.15) is 0 Å². The standard InChI is InChI=1S/C15H13ClN4S/c16-12-4-2-1-3-10(12)14-11-9-17-6-5-13(11)20(19-14)15-18-7-8-21-15/h1-4,7-8,17H,5-6,9H2. The fourth-order valence-electron chi connectivity index (χ4n) is 2.70. The number of hydrogen-bond acceptors (Lipinski definition) is 4. The van der Waals surface area contributed by atoms with Crippen molar-refractivity contribution in [3.63, 3.8) is 0 Å². The van der Waals surface area contributed by atoms with Gasteiger partial charge in [0.25, 0.3) is 0 Å². The van der Waals surface area contributed by atoms with Gasteiger partial charge in [-0.2, -0.15) is 5.10 Å².